The van der Waals surface area contributed by atoms with Crippen molar-refractivity contribution in [1.29, 1.82) is 0 Å². The highest BCUT2D eigenvalue weighted by Crippen LogP contribution is 2.23. The first-order valence-corrected chi connectivity index (χ1v) is 4.69. The molecule has 0 aliphatic rings. The van der Waals surface area contributed by atoms with E-state index in [1.165, 1.54) is 5.56 Å². The summed E-state index contributed by atoms with van der Waals surface area (Å²) in [5.74, 6) is -0.315. The standard InChI is InChI=1S/C12H12FN/c1-2-8-3-5-10-9(7-8)4-6-11(14)12(10)13/h3-7H,2,14H2,1H3. The van der Waals surface area contributed by atoms with Gasteiger partial charge in [-0.2, -0.15) is 0 Å². The molecule has 14 heavy (non-hydrogen) atoms. The molecule has 2 heteroatoms. The summed E-state index contributed by atoms with van der Waals surface area (Å²) in [4.78, 5) is 0. The van der Waals surface area contributed by atoms with E-state index < -0.39 is 0 Å². The molecule has 0 aromatic heterocycles. The van der Waals surface area contributed by atoms with Crippen LogP contribution in [-0.4, -0.2) is 0 Å². The molecule has 0 saturated heterocycles. The topological polar surface area (TPSA) is 26.0 Å². The van der Waals surface area contributed by atoms with Gasteiger partial charge in [-0.3, -0.25) is 0 Å². The van der Waals surface area contributed by atoms with Crippen LogP contribution in [0, 0.1) is 5.82 Å². The zero-order valence-corrected chi connectivity index (χ0v) is 8.05. The molecule has 0 bridgehead atoms. The Morgan fingerprint density at radius 3 is 2.71 bits per heavy atom. The summed E-state index contributed by atoms with van der Waals surface area (Å²) >= 11 is 0. The van der Waals surface area contributed by atoms with E-state index in [1.54, 1.807) is 12.1 Å². The third-order valence-electron chi connectivity index (χ3n) is 2.46. The first kappa shape index (κ1) is 9.00. The van der Waals surface area contributed by atoms with Crippen molar-refractivity contribution in [2.24, 2.45) is 0 Å². The molecular formula is C12H12FN. The molecule has 0 aliphatic carbocycles. The number of halogens is 1. The summed E-state index contributed by atoms with van der Waals surface area (Å²) in [6, 6.07) is 9.19. The number of hydrogen-bond acceptors (Lipinski definition) is 1. The van der Waals surface area contributed by atoms with Crippen LogP contribution in [-0.2, 0) is 6.42 Å². The molecule has 0 spiro atoms. The summed E-state index contributed by atoms with van der Waals surface area (Å²) in [6.07, 6.45) is 0.960. The predicted molar refractivity (Wildman–Crippen MR) is 57.7 cm³/mol. The van der Waals surface area contributed by atoms with Crippen LogP contribution in [0.3, 0.4) is 0 Å². The zero-order valence-electron chi connectivity index (χ0n) is 8.05. The van der Waals surface area contributed by atoms with Crippen molar-refractivity contribution in [3.8, 4) is 0 Å². The van der Waals surface area contributed by atoms with Crippen LogP contribution in [0.4, 0.5) is 10.1 Å². The SMILES string of the molecule is CCc1ccc2c(F)c(N)ccc2c1. The minimum absolute atomic E-state index is 0.210. The van der Waals surface area contributed by atoms with Crippen LogP contribution in [0.15, 0.2) is 30.3 Å². The fourth-order valence-corrected chi connectivity index (χ4v) is 1.58. The average Bonchev–Trinajstić information content (AvgIpc) is 2.23. The van der Waals surface area contributed by atoms with Crippen molar-refractivity contribution in [2.75, 3.05) is 5.73 Å². The molecule has 0 amide bonds. The molecule has 0 atom stereocenters. The van der Waals surface area contributed by atoms with E-state index in [2.05, 4.69) is 6.92 Å². The first-order chi connectivity index (χ1) is 6.72. The Bertz CT molecular complexity index is 477. The summed E-state index contributed by atoms with van der Waals surface area (Å²) in [5, 5.41) is 1.51. The van der Waals surface area contributed by atoms with E-state index >= 15 is 0 Å². The fourth-order valence-electron chi connectivity index (χ4n) is 1.58. The van der Waals surface area contributed by atoms with Crippen LogP contribution >= 0.6 is 0 Å². The fraction of sp³-hybridized carbons (Fsp3) is 0.167. The van der Waals surface area contributed by atoms with Gasteiger partial charge in [0.25, 0.3) is 0 Å². The lowest BCUT2D eigenvalue weighted by atomic mass is 10.0. The van der Waals surface area contributed by atoms with Crippen LogP contribution in [0.1, 0.15) is 12.5 Å². The molecule has 0 aliphatic heterocycles. The third kappa shape index (κ3) is 1.33. The molecule has 0 fully saturated rings. The van der Waals surface area contributed by atoms with Crippen molar-refractivity contribution >= 4 is 16.5 Å². The van der Waals surface area contributed by atoms with Gasteiger partial charge in [-0.25, -0.2) is 4.39 Å². The smallest absolute Gasteiger partial charge is 0.153 e. The van der Waals surface area contributed by atoms with Gasteiger partial charge >= 0.3 is 0 Å². The summed E-state index contributed by atoms with van der Waals surface area (Å²) in [5.41, 5.74) is 6.90. The summed E-state index contributed by atoms with van der Waals surface area (Å²) < 4.78 is 13.5. The lowest BCUT2D eigenvalue weighted by Crippen LogP contribution is -1.91. The molecule has 2 aromatic carbocycles. The molecule has 0 heterocycles. The van der Waals surface area contributed by atoms with E-state index in [1.807, 2.05) is 18.2 Å². The maximum absolute atomic E-state index is 13.5. The quantitative estimate of drug-likeness (QED) is 0.685. The van der Waals surface area contributed by atoms with Crippen molar-refractivity contribution in [3.63, 3.8) is 0 Å². The molecular weight excluding hydrogens is 177 g/mol. The second-order valence-electron chi connectivity index (χ2n) is 3.38. The molecule has 2 rings (SSSR count). The van der Waals surface area contributed by atoms with Gasteiger partial charge in [0, 0.05) is 5.39 Å². The second-order valence-corrected chi connectivity index (χ2v) is 3.38. The minimum Gasteiger partial charge on any atom is -0.396 e. The number of nitrogen functional groups attached to an aromatic ring is 1. The number of nitrogens with two attached hydrogens (primary N) is 1. The number of rotatable bonds is 1. The lowest BCUT2D eigenvalue weighted by molar-refractivity contribution is 0.644. The van der Waals surface area contributed by atoms with Crippen LogP contribution in [0.2, 0.25) is 0 Å². The van der Waals surface area contributed by atoms with E-state index in [-0.39, 0.29) is 11.5 Å². The van der Waals surface area contributed by atoms with Crippen LogP contribution in [0.5, 0.6) is 0 Å². The van der Waals surface area contributed by atoms with Crippen LogP contribution in [0.25, 0.3) is 10.8 Å². The normalized spacial score (nSPS) is 10.7. The maximum atomic E-state index is 13.5. The highest BCUT2D eigenvalue weighted by molar-refractivity contribution is 5.86. The van der Waals surface area contributed by atoms with E-state index in [0.717, 1.165) is 11.8 Å². The van der Waals surface area contributed by atoms with Gasteiger partial charge in [0.1, 0.15) is 0 Å². The highest BCUT2D eigenvalue weighted by Gasteiger charge is 2.04. The number of anilines is 1. The molecule has 72 valence electrons. The zero-order chi connectivity index (χ0) is 10.1. The van der Waals surface area contributed by atoms with Gasteiger partial charge in [-0.05, 0) is 23.4 Å². The molecule has 1 nitrogen and oxygen atoms in total. The third-order valence-corrected chi connectivity index (χ3v) is 2.46. The molecule has 0 saturated carbocycles. The number of benzene rings is 2. The number of fused-ring (bicyclic) bond motifs is 1. The number of hydrogen-bond donors (Lipinski definition) is 1. The number of aryl methyl sites for hydroxylation is 1. The summed E-state index contributed by atoms with van der Waals surface area (Å²) in [6.45, 7) is 2.08. The van der Waals surface area contributed by atoms with Crippen molar-refractivity contribution in [2.45, 2.75) is 13.3 Å². The van der Waals surface area contributed by atoms with E-state index in [4.69, 9.17) is 5.73 Å². The Morgan fingerprint density at radius 1 is 1.21 bits per heavy atom. The van der Waals surface area contributed by atoms with Gasteiger partial charge in [-0.1, -0.05) is 31.2 Å². The molecule has 0 radical (unpaired) electrons. The lowest BCUT2D eigenvalue weighted by Gasteiger charge is -2.04. The maximum Gasteiger partial charge on any atom is 0.153 e. The average molecular weight is 189 g/mol. The monoisotopic (exact) mass is 189 g/mol. The van der Waals surface area contributed by atoms with Crippen LogP contribution < -0.4 is 5.73 Å². The van der Waals surface area contributed by atoms with Crippen molar-refractivity contribution in [1.82, 2.24) is 0 Å². The largest absolute Gasteiger partial charge is 0.396 e. The van der Waals surface area contributed by atoms with Crippen molar-refractivity contribution < 1.29 is 4.39 Å². The van der Waals surface area contributed by atoms with Gasteiger partial charge < -0.3 is 5.73 Å². The van der Waals surface area contributed by atoms with Gasteiger partial charge in [0.05, 0.1) is 5.69 Å². The second kappa shape index (κ2) is 3.29. The van der Waals surface area contributed by atoms with Gasteiger partial charge in [-0.15, -0.1) is 0 Å². The van der Waals surface area contributed by atoms with E-state index in [9.17, 15) is 4.39 Å². The summed E-state index contributed by atoms with van der Waals surface area (Å²) in [7, 11) is 0. The predicted octanol–water partition coefficient (Wildman–Crippen LogP) is 3.12. The van der Waals surface area contributed by atoms with Gasteiger partial charge in [0.15, 0.2) is 5.82 Å². The Kier molecular flexibility index (Phi) is 2.12. The Hall–Kier alpha value is -1.57. The molecule has 0 unspecified atom stereocenters. The first-order valence-electron chi connectivity index (χ1n) is 4.69. The minimum atomic E-state index is -0.315. The van der Waals surface area contributed by atoms with Crippen molar-refractivity contribution in [3.05, 3.63) is 41.7 Å². The Labute approximate surface area is 82.3 Å². The highest BCUT2D eigenvalue weighted by atomic mass is 19.1. The van der Waals surface area contributed by atoms with E-state index in [0.29, 0.717) is 5.39 Å². The van der Waals surface area contributed by atoms with Gasteiger partial charge in [0.2, 0.25) is 0 Å². The Balaban J connectivity index is 2.74. The molecule has 2 N–H and O–H groups in total. The molecule has 2 aromatic rings. The Morgan fingerprint density at radius 2 is 2.00 bits per heavy atom.